The molecule has 2 nitrogen and oxygen atoms in total. The van der Waals surface area contributed by atoms with Gasteiger partial charge in [0.15, 0.2) is 11.6 Å². The average molecular weight is 264 g/mol. The zero-order valence-electron chi connectivity index (χ0n) is 11.4. The first kappa shape index (κ1) is 14.1. The Balaban J connectivity index is 1.92. The molecule has 104 valence electrons. The average Bonchev–Trinajstić information content (AvgIpc) is 2.40. The van der Waals surface area contributed by atoms with Crippen molar-refractivity contribution >= 4 is 0 Å². The van der Waals surface area contributed by atoms with Crippen LogP contribution in [0.5, 0.6) is 5.75 Å². The molecule has 1 aliphatic rings. The van der Waals surface area contributed by atoms with Crippen LogP contribution in [-0.2, 0) is 6.42 Å². The zero-order valence-corrected chi connectivity index (χ0v) is 11.4. The summed E-state index contributed by atoms with van der Waals surface area (Å²) in [7, 11) is 1.45. The number of hydrogen-bond acceptors (Lipinski definition) is 2. The van der Waals surface area contributed by atoms with Crippen LogP contribution in [0.3, 0.4) is 0 Å². The third-order valence-electron chi connectivity index (χ3n) is 3.57. The molecule has 0 bridgehead atoms. The van der Waals surface area contributed by atoms with Crippen molar-refractivity contribution in [2.75, 3.05) is 7.11 Å². The topological polar surface area (TPSA) is 29.5 Å². The second-order valence-corrected chi connectivity index (χ2v) is 5.14. The summed E-state index contributed by atoms with van der Waals surface area (Å²) >= 11 is 0. The van der Waals surface area contributed by atoms with Gasteiger partial charge in [0.25, 0.3) is 0 Å². The van der Waals surface area contributed by atoms with E-state index in [1.807, 2.05) is 0 Å². The summed E-state index contributed by atoms with van der Waals surface area (Å²) < 4.78 is 18.4. The molecule has 2 rings (SSSR count). The molecule has 0 amide bonds. The van der Waals surface area contributed by atoms with E-state index >= 15 is 0 Å². The standard InChI is InChI=1S/C16H21FO2/c1-19-16-8-7-13(11-15(16)17)10-14(18)9-12-5-3-2-4-6-12/h5,7-8,11,14,18H,2-4,6,9-10H2,1H3. The minimum atomic E-state index is -0.433. The van der Waals surface area contributed by atoms with E-state index < -0.39 is 6.10 Å². The summed E-state index contributed by atoms with van der Waals surface area (Å²) in [5, 5.41) is 10.1. The molecule has 0 radical (unpaired) electrons. The third-order valence-corrected chi connectivity index (χ3v) is 3.57. The van der Waals surface area contributed by atoms with E-state index in [0.29, 0.717) is 12.8 Å². The van der Waals surface area contributed by atoms with Crippen LogP contribution in [0.1, 0.15) is 37.7 Å². The van der Waals surface area contributed by atoms with Crippen LogP contribution in [0, 0.1) is 5.82 Å². The highest BCUT2D eigenvalue weighted by atomic mass is 19.1. The number of halogens is 1. The van der Waals surface area contributed by atoms with Crippen LogP contribution in [0.4, 0.5) is 4.39 Å². The van der Waals surface area contributed by atoms with E-state index in [2.05, 4.69) is 6.08 Å². The maximum Gasteiger partial charge on any atom is 0.165 e. The van der Waals surface area contributed by atoms with Gasteiger partial charge in [-0.3, -0.25) is 0 Å². The number of ether oxygens (including phenoxy) is 1. The lowest BCUT2D eigenvalue weighted by molar-refractivity contribution is 0.173. The number of benzene rings is 1. The molecular formula is C16H21FO2. The van der Waals surface area contributed by atoms with Gasteiger partial charge in [-0.15, -0.1) is 0 Å². The smallest absolute Gasteiger partial charge is 0.165 e. The number of rotatable bonds is 5. The van der Waals surface area contributed by atoms with Crippen LogP contribution in [-0.4, -0.2) is 18.3 Å². The van der Waals surface area contributed by atoms with Crippen molar-refractivity contribution in [1.82, 2.24) is 0 Å². The summed E-state index contributed by atoms with van der Waals surface area (Å²) in [5.41, 5.74) is 2.15. The number of allylic oxidation sites excluding steroid dienone is 1. The van der Waals surface area contributed by atoms with Gasteiger partial charge in [-0.25, -0.2) is 4.39 Å². The molecule has 1 aromatic carbocycles. The molecule has 0 aromatic heterocycles. The van der Waals surface area contributed by atoms with Crippen molar-refractivity contribution in [2.24, 2.45) is 0 Å². The first-order valence-corrected chi connectivity index (χ1v) is 6.87. The predicted octanol–water partition coefficient (Wildman–Crippen LogP) is 3.63. The Labute approximate surface area is 113 Å². The van der Waals surface area contributed by atoms with Gasteiger partial charge in [-0.2, -0.15) is 0 Å². The molecule has 0 saturated heterocycles. The lowest BCUT2D eigenvalue weighted by atomic mass is 9.93. The van der Waals surface area contributed by atoms with Gasteiger partial charge in [0, 0.05) is 0 Å². The number of methoxy groups -OCH3 is 1. The molecule has 0 spiro atoms. The highest BCUT2D eigenvalue weighted by molar-refractivity contribution is 5.29. The lowest BCUT2D eigenvalue weighted by Crippen LogP contribution is -2.12. The summed E-state index contributed by atoms with van der Waals surface area (Å²) in [5.74, 6) is -0.127. The van der Waals surface area contributed by atoms with Gasteiger partial charge < -0.3 is 9.84 Å². The Morgan fingerprint density at radius 1 is 1.32 bits per heavy atom. The highest BCUT2D eigenvalue weighted by Gasteiger charge is 2.12. The molecule has 1 unspecified atom stereocenters. The largest absolute Gasteiger partial charge is 0.494 e. The van der Waals surface area contributed by atoms with Gasteiger partial charge in [-0.05, 0) is 56.2 Å². The molecule has 1 N–H and O–H groups in total. The summed E-state index contributed by atoms with van der Waals surface area (Å²) in [6.45, 7) is 0. The Bertz CT molecular complexity index is 454. The Morgan fingerprint density at radius 3 is 2.79 bits per heavy atom. The fourth-order valence-corrected chi connectivity index (χ4v) is 2.57. The van der Waals surface area contributed by atoms with Gasteiger partial charge in [0.2, 0.25) is 0 Å². The normalized spacial score (nSPS) is 16.9. The Hall–Kier alpha value is -1.35. The van der Waals surface area contributed by atoms with Crippen LogP contribution in [0.25, 0.3) is 0 Å². The summed E-state index contributed by atoms with van der Waals surface area (Å²) in [4.78, 5) is 0. The first-order valence-electron chi connectivity index (χ1n) is 6.87. The fourth-order valence-electron chi connectivity index (χ4n) is 2.57. The van der Waals surface area contributed by atoms with Gasteiger partial charge in [-0.1, -0.05) is 17.7 Å². The van der Waals surface area contributed by atoms with Crippen LogP contribution >= 0.6 is 0 Å². The van der Waals surface area contributed by atoms with Gasteiger partial charge in [0.05, 0.1) is 13.2 Å². The molecule has 0 aliphatic heterocycles. The van der Waals surface area contributed by atoms with Crippen molar-refractivity contribution in [3.63, 3.8) is 0 Å². The third kappa shape index (κ3) is 4.06. The second kappa shape index (κ2) is 6.71. The molecule has 3 heteroatoms. The lowest BCUT2D eigenvalue weighted by Gasteiger charge is -2.17. The second-order valence-electron chi connectivity index (χ2n) is 5.14. The van der Waals surface area contributed by atoms with E-state index in [9.17, 15) is 9.50 Å². The molecule has 1 aliphatic carbocycles. The van der Waals surface area contributed by atoms with E-state index in [0.717, 1.165) is 18.4 Å². The van der Waals surface area contributed by atoms with Crippen molar-refractivity contribution in [3.05, 3.63) is 41.2 Å². The maximum atomic E-state index is 13.5. The summed E-state index contributed by atoms with van der Waals surface area (Å²) in [6.07, 6.45) is 7.68. The number of aliphatic hydroxyl groups excluding tert-OH is 1. The number of hydrogen-bond donors (Lipinski definition) is 1. The summed E-state index contributed by atoms with van der Waals surface area (Å²) in [6, 6.07) is 4.86. The Kier molecular flexibility index (Phi) is 4.97. The zero-order chi connectivity index (χ0) is 13.7. The van der Waals surface area contributed by atoms with Crippen molar-refractivity contribution in [3.8, 4) is 5.75 Å². The highest BCUT2D eigenvalue weighted by Crippen LogP contribution is 2.23. The minimum Gasteiger partial charge on any atom is -0.494 e. The minimum absolute atomic E-state index is 0.244. The molecule has 1 atom stereocenters. The van der Waals surface area contributed by atoms with Crippen LogP contribution in [0.15, 0.2) is 29.8 Å². The van der Waals surface area contributed by atoms with E-state index in [4.69, 9.17) is 4.74 Å². The molecule has 1 aromatic rings. The predicted molar refractivity (Wildman–Crippen MR) is 73.8 cm³/mol. The molecule has 0 fully saturated rings. The van der Waals surface area contributed by atoms with Crippen molar-refractivity contribution in [2.45, 2.75) is 44.6 Å². The van der Waals surface area contributed by atoms with Crippen LogP contribution in [0.2, 0.25) is 0 Å². The van der Waals surface area contributed by atoms with E-state index in [-0.39, 0.29) is 11.6 Å². The van der Waals surface area contributed by atoms with Gasteiger partial charge in [0.1, 0.15) is 0 Å². The number of aliphatic hydroxyl groups is 1. The Morgan fingerprint density at radius 2 is 2.16 bits per heavy atom. The van der Waals surface area contributed by atoms with Gasteiger partial charge >= 0.3 is 0 Å². The monoisotopic (exact) mass is 264 g/mol. The molecule has 0 heterocycles. The molecule has 19 heavy (non-hydrogen) atoms. The maximum absolute atomic E-state index is 13.5. The SMILES string of the molecule is COc1ccc(CC(O)CC2=CCCCC2)cc1F. The quantitative estimate of drug-likeness (QED) is 0.823. The van der Waals surface area contributed by atoms with Crippen molar-refractivity contribution in [1.29, 1.82) is 0 Å². The van der Waals surface area contributed by atoms with Crippen LogP contribution < -0.4 is 4.74 Å². The van der Waals surface area contributed by atoms with Crippen molar-refractivity contribution < 1.29 is 14.2 Å². The van der Waals surface area contributed by atoms with E-state index in [1.54, 1.807) is 12.1 Å². The molecular weight excluding hydrogens is 243 g/mol. The fraction of sp³-hybridized carbons (Fsp3) is 0.500. The first-order chi connectivity index (χ1) is 9.19. The van der Waals surface area contributed by atoms with E-state index in [1.165, 1.54) is 31.6 Å². The molecule has 0 saturated carbocycles.